The second-order valence-corrected chi connectivity index (χ2v) is 6.75. The van der Waals surface area contributed by atoms with Crippen LogP contribution < -0.4 is 11.1 Å². The predicted octanol–water partition coefficient (Wildman–Crippen LogP) is 2.36. The molecule has 1 heterocycles. The van der Waals surface area contributed by atoms with Gasteiger partial charge in [0.2, 0.25) is 0 Å². The van der Waals surface area contributed by atoms with Gasteiger partial charge in [-0.05, 0) is 32.7 Å². The van der Waals surface area contributed by atoms with Gasteiger partial charge < -0.3 is 15.8 Å². The number of nitrogens with two attached hydrogens (primary N) is 1. The summed E-state index contributed by atoms with van der Waals surface area (Å²) >= 11 is 1.50. The van der Waals surface area contributed by atoms with Gasteiger partial charge in [0, 0.05) is 29.9 Å². The van der Waals surface area contributed by atoms with E-state index >= 15 is 0 Å². The normalized spacial score (nSPS) is 23.1. The summed E-state index contributed by atoms with van der Waals surface area (Å²) in [5.41, 5.74) is 6.09. The van der Waals surface area contributed by atoms with Crippen molar-refractivity contribution in [2.75, 3.05) is 13.2 Å². The molecule has 1 saturated carbocycles. The number of amides is 1. The van der Waals surface area contributed by atoms with E-state index in [1.54, 1.807) is 0 Å². The van der Waals surface area contributed by atoms with E-state index in [0.29, 0.717) is 12.2 Å². The van der Waals surface area contributed by atoms with Crippen molar-refractivity contribution in [2.24, 2.45) is 11.1 Å². The number of carbonyl (C=O) groups is 1. The van der Waals surface area contributed by atoms with Crippen LogP contribution in [0.4, 0.5) is 0 Å². The van der Waals surface area contributed by atoms with Crippen LogP contribution in [0.3, 0.4) is 0 Å². The minimum atomic E-state index is -0.0780. The lowest BCUT2D eigenvalue weighted by molar-refractivity contribution is -0.134. The van der Waals surface area contributed by atoms with Crippen molar-refractivity contribution >= 4 is 17.2 Å². The maximum atomic E-state index is 12.4. The van der Waals surface area contributed by atoms with E-state index in [9.17, 15) is 4.79 Å². The number of nitrogens with one attached hydrogen (secondary N) is 1. The van der Waals surface area contributed by atoms with Crippen LogP contribution in [-0.4, -0.2) is 36.2 Å². The molecule has 1 aromatic rings. The second kappa shape index (κ2) is 7.53. The lowest BCUT2D eigenvalue weighted by atomic mass is 9.58. The third-order valence-electron chi connectivity index (χ3n) is 4.92. The third-order valence-corrected chi connectivity index (χ3v) is 5.83. The Hall–Kier alpha value is -0.980. The monoisotopic (exact) mass is 325 g/mol. The Bertz CT molecular complexity index is 499. The van der Waals surface area contributed by atoms with Crippen molar-refractivity contribution in [3.63, 3.8) is 0 Å². The molecular weight excluding hydrogens is 298 g/mol. The molecule has 2 rings (SSSR count). The zero-order valence-electron chi connectivity index (χ0n) is 13.7. The Balaban J connectivity index is 2.01. The van der Waals surface area contributed by atoms with Crippen molar-refractivity contribution in [1.82, 2.24) is 10.3 Å². The van der Waals surface area contributed by atoms with Gasteiger partial charge in [-0.1, -0.05) is 13.8 Å². The molecule has 5 nitrogen and oxygen atoms in total. The Morgan fingerprint density at radius 1 is 1.50 bits per heavy atom. The summed E-state index contributed by atoms with van der Waals surface area (Å²) in [6, 6.07) is 0.172. The number of carbonyl (C=O) groups excluding carboxylic acids is 1. The third kappa shape index (κ3) is 3.19. The Kier molecular flexibility index (Phi) is 5.94. The number of hydrogen-bond donors (Lipinski definition) is 2. The van der Waals surface area contributed by atoms with Crippen molar-refractivity contribution < 1.29 is 9.53 Å². The molecule has 0 spiro atoms. The fourth-order valence-corrected chi connectivity index (χ4v) is 4.26. The van der Waals surface area contributed by atoms with Gasteiger partial charge in [-0.3, -0.25) is 4.79 Å². The van der Waals surface area contributed by atoms with Gasteiger partial charge in [-0.15, -0.1) is 11.3 Å². The van der Waals surface area contributed by atoms with Crippen LogP contribution in [0, 0.1) is 5.41 Å². The van der Waals surface area contributed by atoms with Crippen molar-refractivity contribution in [1.29, 1.82) is 0 Å². The van der Waals surface area contributed by atoms with Crippen molar-refractivity contribution in [3.8, 4) is 0 Å². The van der Waals surface area contributed by atoms with Gasteiger partial charge in [0.25, 0.3) is 5.91 Å². The quantitative estimate of drug-likeness (QED) is 0.769. The standard InChI is InChI=1S/C16H27N3O2S/c1-4-16(5-2)12(9-13(16)21-6-3)19-15(20)11-10-22-14(18-11)7-8-17/h10,12-13H,4-9,17H2,1-3H3,(H,19,20). The van der Waals surface area contributed by atoms with Gasteiger partial charge in [0.15, 0.2) is 0 Å². The maximum absolute atomic E-state index is 12.4. The summed E-state index contributed by atoms with van der Waals surface area (Å²) in [5, 5.41) is 5.90. The van der Waals surface area contributed by atoms with Crippen LogP contribution in [0.5, 0.6) is 0 Å². The number of rotatable bonds is 8. The molecule has 0 aliphatic heterocycles. The Morgan fingerprint density at radius 3 is 2.82 bits per heavy atom. The first-order valence-corrected chi connectivity index (χ1v) is 9.06. The van der Waals surface area contributed by atoms with Gasteiger partial charge in [0.1, 0.15) is 5.69 Å². The highest BCUT2D eigenvalue weighted by Gasteiger charge is 2.53. The molecule has 1 aromatic heterocycles. The molecule has 1 aliphatic carbocycles. The largest absolute Gasteiger partial charge is 0.378 e. The zero-order chi connectivity index (χ0) is 16.2. The molecule has 0 bridgehead atoms. The fraction of sp³-hybridized carbons (Fsp3) is 0.750. The van der Waals surface area contributed by atoms with E-state index in [1.807, 2.05) is 12.3 Å². The number of aromatic nitrogens is 1. The minimum absolute atomic E-state index is 0.0573. The summed E-state index contributed by atoms with van der Waals surface area (Å²) in [6.07, 6.45) is 3.88. The SMILES string of the molecule is CCOC1CC(NC(=O)c2csc(CCN)n2)C1(CC)CC. The van der Waals surface area contributed by atoms with Crippen LogP contribution >= 0.6 is 11.3 Å². The predicted molar refractivity (Wildman–Crippen MR) is 89.2 cm³/mol. The number of nitrogens with zero attached hydrogens (tertiary/aromatic N) is 1. The lowest BCUT2D eigenvalue weighted by Gasteiger charge is -2.55. The molecular formula is C16H27N3O2S. The number of thiazole rings is 1. The summed E-state index contributed by atoms with van der Waals surface area (Å²) in [7, 11) is 0. The average molecular weight is 325 g/mol. The Labute approximate surface area is 136 Å². The molecule has 0 saturated heterocycles. The van der Waals surface area contributed by atoms with Gasteiger partial charge in [-0.25, -0.2) is 4.98 Å². The molecule has 1 fully saturated rings. The van der Waals surface area contributed by atoms with E-state index in [0.717, 1.165) is 37.3 Å². The summed E-state index contributed by atoms with van der Waals surface area (Å²) in [4.78, 5) is 16.8. The summed E-state index contributed by atoms with van der Waals surface area (Å²) in [5.74, 6) is -0.0780. The molecule has 124 valence electrons. The highest BCUT2D eigenvalue weighted by molar-refractivity contribution is 7.09. The summed E-state index contributed by atoms with van der Waals surface area (Å²) < 4.78 is 5.85. The van der Waals surface area contributed by atoms with E-state index < -0.39 is 0 Å². The van der Waals surface area contributed by atoms with Gasteiger partial charge >= 0.3 is 0 Å². The molecule has 2 atom stereocenters. The highest BCUT2D eigenvalue weighted by atomic mass is 32.1. The Morgan fingerprint density at radius 2 is 2.23 bits per heavy atom. The first kappa shape index (κ1) is 17.4. The van der Waals surface area contributed by atoms with Crippen LogP contribution in [0.1, 0.15) is 55.5 Å². The van der Waals surface area contributed by atoms with Crippen LogP contribution in [0.25, 0.3) is 0 Å². The lowest BCUT2D eigenvalue weighted by Crippen LogP contribution is -2.64. The molecule has 2 unspecified atom stereocenters. The maximum Gasteiger partial charge on any atom is 0.270 e. The zero-order valence-corrected chi connectivity index (χ0v) is 14.5. The van der Waals surface area contributed by atoms with Gasteiger partial charge in [0.05, 0.1) is 11.1 Å². The van der Waals surface area contributed by atoms with Crippen LogP contribution in [0.2, 0.25) is 0 Å². The van der Waals surface area contributed by atoms with Gasteiger partial charge in [-0.2, -0.15) is 0 Å². The molecule has 22 heavy (non-hydrogen) atoms. The van der Waals surface area contributed by atoms with Crippen LogP contribution in [0.15, 0.2) is 5.38 Å². The summed E-state index contributed by atoms with van der Waals surface area (Å²) in [6.45, 7) is 7.66. The molecule has 3 N–H and O–H groups in total. The fourth-order valence-electron chi connectivity index (χ4n) is 3.47. The van der Waals surface area contributed by atoms with Crippen molar-refractivity contribution in [3.05, 3.63) is 16.1 Å². The highest BCUT2D eigenvalue weighted by Crippen LogP contribution is 2.48. The van der Waals surface area contributed by atoms with E-state index in [1.165, 1.54) is 11.3 Å². The van der Waals surface area contributed by atoms with E-state index in [4.69, 9.17) is 10.5 Å². The first-order chi connectivity index (χ1) is 10.6. The minimum Gasteiger partial charge on any atom is -0.378 e. The second-order valence-electron chi connectivity index (χ2n) is 5.81. The molecule has 0 aromatic carbocycles. The molecule has 1 amide bonds. The van der Waals surface area contributed by atoms with Crippen LogP contribution in [-0.2, 0) is 11.2 Å². The van der Waals surface area contributed by atoms with Crippen molar-refractivity contribution in [2.45, 2.75) is 58.6 Å². The smallest absolute Gasteiger partial charge is 0.270 e. The van der Waals surface area contributed by atoms with E-state index in [-0.39, 0.29) is 23.5 Å². The topological polar surface area (TPSA) is 77.2 Å². The molecule has 6 heteroatoms. The average Bonchev–Trinajstić information content (AvgIpc) is 2.96. The number of hydrogen-bond acceptors (Lipinski definition) is 5. The number of ether oxygens (including phenoxy) is 1. The van der Waals surface area contributed by atoms with E-state index in [2.05, 4.69) is 24.1 Å². The first-order valence-electron chi connectivity index (χ1n) is 8.18. The molecule has 1 aliphatic rings. The molecule has 0 radical (unpaired) electrons.